The fraction of sp³-hybridized carbons (Fsp3) is 0.364. The van der Waals surface area contributed by atoms with Crippen LogP contribution in [0.5, 0.6) is 5.75 Å². The molecule has 0 aliphatic rings. The molecule has 4 nitrogen and oxygen atoms in total. The van der Waals surface area contributed by atoms with E-state index in [1.165, 1.54) is 12.1 Å². The Kier molecular flexibility index (Phi) is 3.38. The monoisotopic (exact) mass is 245 g/mol. The first kappa shape index (κ1) is 13.4. The smallest absolute Gasteiger partial charge is 0.321 e. The van der Waals surface area contributed by atoms with Gasteiger partial charge in [0.05, 0.1) is 0 Å². The minimum absolute atomic E-state index is 0.387. The summed E-state index contributed by atoms with van der Waals surface area (Å²) in [6.07, 6.45) is 0. The standard InChI is InChI=1S/C11H13F2NO3/c1-10(12,13)11(6-14,9(16)17)7-4-2-3-5-8(7)15/h2-5,15H,6,14H2,1H3,(H,16,17). The Hall–Kier alpha value is -1.69. The molecule has 0 saturated carbocycles. The maximum absolute atomic E-state index is 13.6. The molecule has 0 heterocycles. The number of para-hydroxylation sites is 1. The molecule has 1 aromatic carbocycles. The zero-order valence-corrected chi connectivity index (χ0v) is 9.15. The third-order valence-corrected chi connectivity index (χ3v) is 2.78. The van der Waals surface area contributed by atoms with Crippen molar-refractivity contribution >= 4 is 5.97 Å². The number of nitrogens with two attached hydrogens (primary N) is 1. The van der Waals surface area contributed by atoms with Crippen molar-refractivity contribution in [1.82, 2.24) is 0 Å². The van der Waals surface area contributed by atoms with Gasteiger partial charge in [0.2, 0.25) is 0 Å². The van der Waals surface area contributed by atoms with Gasteiger partial charge in [-0.1, -0.05) is 18.2 Å². The summed E-state index contributed by atoms with van der Waals surface area (Å²) in [4.78, 5) is 11.2. The van der Waals surface area contributed by atoms with Crippen LogP contribution in [0.1, 0.15) is 12.5 Å². The van der Waals surface area contributed by atoms with E-state index in [4.69, 9.17) is 10.8 Å². The molecule has 0 fully saturated rings. The molecule has 4 N–H and O–H groups in total. The van der Waals surface area contributed by atoms with Crippen LogP contribution in [-0.2, 0) is 10.2 Å². The molecule has 0 aliphatic carbocycles. The number of carbonyl (C=O) groups is 1. The van der Waals surface area contributed by atoms with Gasteiger partial charge in [-0.15, -0.1) is 0 Å². The number of aromatic hydroxyl groups is 1. The van der Waals surface area contributed by atoms with Crippen molar-refractivity contribution in [2.24, 2.45) is 5.73 Å². The van der Waals surface area contributed by atoms with Crippen LogP contribution in [0.4, 0.5) is 8.78 Å². The van der Waals surface area contributed by atoms with Gasteiger partial charge in [0.25, 0.3) is 5.92 Å². The molecule has 0 radical (unpaired) electrons. The molecule has 1 atom stereocenters. The highest BCUT2D eigenvalue weighted by Crippen LogP contribution is 2.42. The van der Waals surface area contributed by atoms with Gasteiger partial charge in [-0.25, -0.2) is 8.78 Å². The fourth-order valence-corrected chi connectivity index (χ4v) is 1.75. The Morgan fingerprint density at radius 3 is 2.29 bits per heavy atom. The first-order chi connectivity index (χ1) is 7.77. The van der Waals surface area contributed by atoms with Crippen molar-refractivity contribution in [3.63, 3.8) is 0 Å². The van der Waals surface area contributed by atoms with Crippen LogP contribution < -0.4 is 5.73 Å². The van der Waals surface area contributed by atoms with Crippen LogP contribution in [0.3, 0.4) is 0 Å². The van der Waals surface area contributed by atoms with Crippen LogP contribution in [0.2, 0.25) is 0 Å². The van der Waals surface area contributed by atoms with Gasteiger partial charge >= 0.3 is 5.97 Å². The first-order valence-corrected chi connectivity index (χ1v) is 4.87. The van der Waals surface area contributed by atoms with E-state index in [1.807, 2.05) is 0 Å². The third kappa shape index (κ3) is 1.95. The molecule has 1 aromatic rings. The van der Waals surface area contributed by atoms with E-state index >= 15 is 0 Å². The summed E-state index contributed by atoms with van der Waals surface area (Å²) in [6.45, 7) is -0.343. The number of carboxylic acids is 1. The van der Waals surface area contributed by atoms with Crippen molar-refractivity contribution in [1.29, 1.82) is 0 Å². The van der Waals surface area contributed by atoms with E-state index in [0.29, 0.717) is 6.92 Å². The van der Waals surface area contributed by atoms with E-state index in [2.05, 4.69) is 0 Å². The van der Waals surface area contributed by atoms with Crippen molar-refractivity contribution in [2.75, 3.05) is 6.54 Å². The molecule has 0 spiro atoms. The molecule has 6 heteroatoms. The summed E-state index contributed by atoms with van der Waals surface area (Å²) >= 11 is 0. The molecule has 0 aliphatic heterocycles. The second kappa shape index (κ2) is 4.29. The Labute approximate surface area is 96.7 Å². The molecule has 1 rings (SSSR count). The van der Waals surface area contributed by atoms with E-state index in [-0.39, 0.29) is 5.56 Å². The van der Waals surface area contributed by atoms with Crippen molar-refractivity contribution in [3.8, 4) is 5.75 Å². The molecule has 94 valence electrons. The summed E-state index contributed by atoms with van der Waals surface area (Å²) in [7, 11) is 0. The Morgan fingerprint density at radius 1 is 1.41 bits per heavy atom. The van der Waals surface area contributed by atoms with Crippen molar-refractivity contribution < 1.29 is 23.8 Å². The number of alkyl halides is 2. The molecular formula is C11H13F2NO3. The molecular weight excluding hydrogens is 232 g/mol. The molecule has 0 amide bonds. The number of rotatable bonds is 4. The minimum Gasteiger partial charge on any atom is -0.508 e. The van der Waals surface area contributed by atoms with Gasteiger partial charge < -0.3 is 15.9 Å². The number of phenols is 1. The normalized spacial score (nSPS) is 15.3. The predicted molar refractivity (Wildman–Crippen MR) is 57.1 cm³/mol. The number of carboxylic acid groups (broad SMARTS) is 1. The lowest BCUT2D eigenvalue weighted by molar-refractivity contribution is -0.159. The molecule has 1 unspecified atom stereocenters. The lowest BCUT2D eigenvalue weighted by Gasteiger charge is -2.34. The number of benzene rings is 1. The highest BCUT2D eigenvalue weighted by molar-refractivity contribution is 5.84. The topological polar surface area (TPSA) is 83.6 Å². The fourth-order valence-electron chi connectivity index (χ4n) is 1.75. The van der Waals surface area contributed by atoms with Crippen LogP contribution in [0.15, 0.2) is 24.3 Å². The second-order valence-electron chi connectivity index (χ2n) is 3.82. The van der Waals surface area contributed by atoms with Crippen LogP contribution in [0, 0.1) is 0 Å². The maximum atomic E-state index is 13.6. The van der Waals surface area contributed by atoms with Crippen LogP contribution in [0.25, 0.3) is 0 Å². The van der Waals surface area contributed by atoms with E-state index in [0.717, 1.165) is 12.1 Å². The predicted octanol–water partition coefficient (Wildman–Crippen LogP) is 1.33. The first-order valence-electron chi connectivity index (χ1n) is 4.87. The Morgan fingerprint density at radius 2 is 1.94 bits per heavy atom. The van der Waals surface area contributed by atoms with Gasteiger partial charge in [-0.05, 0) is 6.07 Å². The molecule has 0 aromatic heterocycles. The Bertz CT molecular complexity index is 431. The van der Waals surface area contributed by atoms with E-state index in [1.54, 1.807) is 0 Å². The zero-order valence-electron chi connectivity index (χ0n) is 9.15. The van der Waals surface area contributed by atoms with Gasteiger partial charge in [0, 0.05) is 19.0 Å². The largest absolute Gasteiger partial charge is 0.508 e. The van der Waals surface area contributed by atoms with E-state index < -0.39 is 29.6 Å². The molecule has 0 bridgehead atoms. The second-order valence-corrected chi connectivity index (χ2v) is 3.82. The minimum atomic E-state index is -3.60. The summed E-state index contributed by atoms with van der Waals surface area (Å²) < 4.78 is 27.2. The number of halogens is 2. The lowest BCUT2D eigenvalue weighted by atomic mass is 9.75. The Balaban J connectivity index is 3.55. The quantitative estimate of drug-likeness (QED) is 0.747. The number of phenolic OH excluding ortho intramolecular Hbond substituents is 1. The highest BCUT2D eigenvalue weighted by atomic mass is 19.3. The van der Waals surface area contributed by atoms with Gasteiger partial charge in [-0.2, -0.15) is 0 Å². The average molecular weight is 245 g/mol. The van der Waals surface area contributed by atoms with Crippen molar-refractivity contribution in [3.05, 3.63) is 29.8 Å². The third-order valence-electron chi connectivity index (χ3n) is 2.78. The van der Waals surface area contributed by atoms with E-state index in [9.17, 15) is 18.7 Å². The number of aliphatic carboxylic acids is 1. The van der Waals surface area contributed by atoms with Gasteiger partial charge in [-0.3, -0.25) is 4.79 Å². The van der Waals surface area contributed by atoms with Crippen LogP contribution in [-0.4, -0.2) is 28.6 Å². The molecule has 17 heavy (non-hydrogen) atoms. The van der Waals surface area contributed by atoms with Gasteiger partial charge in [0.1, 0.15) is 5.75 Å². The summed E-state index contributed by atoms with van der Waals surface area (Å²) in [5.41, 5.74) is 2.21. The number of hydrogen-bond acceptors (Lipinski definition) is 3. The highest BCUT2D eigenvalue weighted by Gasteiger charge is 2.57. The SMILES string of the molecule is CC(F)(F)C(CN)(C(=O)O)c1ccccc1O. The maximum Gasteiger partial charge on any atom is 0.321 e. The summed E-state index contributed by atoms with van der Waals surface area (Å²) in [6, 6.07) is 5.06. The van der Waals surface area contributed by atoms with Gasteiger partial charge in [0.15, 0.2) is 5.41 Å². The summed E-state index contributed by atoms with van der Waals surface area (Å²) in [5, 5.41) is 18.6. The zero-order chi connectivity index (χ0) is 13.3. The van der Waals surface area contributed by atoms with Crippen molar-refractivity contribution in [2.45, 2.75) is 18.3 Å². The lowest BCUT2D eigenvalue weighted by Crippen LogP contribution is -2.55. The summed E-state index contributed by atoms with van der Waals surface area (Å²) in [5.74, 6) is -5.89. The average Bonchev–Trinajstić information content (AvgIpc) is 2.19. The number of hydrogen-bond donors (Lipinski definition) is 3. The van der Waals surface area contributed by atoms with Crippen LogP contribution >= 0.6 is 0 Å². The molecule has 0 saturated heterocycles.